The first-order valence-electron chi connectivity index (χ1n) is 7.92. The number of carbonyl (C=O) groups excluding carboxylic acids is 1. The lowest BCUT2D eigenvalue weighted by Crippen LogP contribution is -2.63. The van der Waals surface area contributed by atoms with Gasteiger partial charge in [-0.2, -0.15) is 0 Å². The zero-order valence-electron chi connectivity index (χ0n) is 14.5. The van der Waals surface area contributed by atoms with Gasteiger partial charge in [-0.3, -0.25) is 4.79 Å². The topological polar surface area (TPSA) is 117 Å². The monoisotopic (exact) mass is 383 g/mol. The summed E-state index contributed by atoms with van der Waals surface area (Å²) in [6, 6.07) is 4.81. The van der Waals surface area contributed by atoms with Crippen LogP contribution in [0.1, 0.15) is 11.5 Å². The molecule has 0 aliphatic carbocycles. The SMILES string of the molecule is COc1cc(-c2nc(CNC(=O)C3(CO)CNC3)c(C)o2)ccc1O.Cl. The zero-order chi connectivity index (χ0) is 18.0. The van der Waals surface area contributed by atoms with Crippen molar-refractivity contribution in [2.24, 2.45) is 5.41 Å². The molecule has 1 aliphatic rings. The number of nitrogens with zero attached hydrogens (tertiary/aromatic N) is 1. The van der Waals surface area contributed by atoms with Crippen LogP contribution in [0.25, 0.3) is 11.5 Å². The van der Waals surface area contributed by atoms with Crippen LogP contribution in [-0.4, -0.2) is 47.9 Å². The smallest absolute Gasteiger partial charge is 0.231 e. The molecule has 0 bridgehead atoms. The largest absolute Gasteiger partial charge is 0.504 e. The normalized spacial score (nSPS) is 14.9. The van der Waals surface area contributed by atoms with Crippen molar-refractivity contribution in [3.8, 4) is 23.0 Å². The van der Waals surface area contributed by atoms with Crippen molar-refractivity contribution in [3.05, 3.63) is 29.7 Å². The molecule has 2 aromatic rings. The summed E-state index contributed by atoms with van der Waals surface area (Å²) in [7, 11) is 1.47. The first kappa shape index (κ1) is 20.0. The lowest BCUT2D eigenvalue weighted by molar-refractivity contribution is -0.137. The van der Waals surface area contributed by atoms with Gasteiger partial charge < -0.3 is 30.0 Å². The van der Waals surface area contributed by atoms with Gasteiger partial charge in [-0.1, -0.05) is 0 Å². The van der Waals surface area contributed by atoms with Gasteiger partial charge in [0.25, 0.3) is 0 Å². The Morgan fingerprint density at radius 3 is 2.77 bits per heavy atom. The van der Waals surface area contributed by atoms with Gasteiger partial charge in [0.15, 0.2) is 11.5 Å². The predicted molar refractivity (Wildman–Crippen MR) is 96.4 cm³/mol. The standard InChI is InChI=1S/C17H21N3O5.ClH/c1-10-12(6-19-16(23)17(9-21)7-18-8-17)20-15(25-10)11-3-4-13(22)14(5-11)24-2;/h3-5,18,21-22H,6-9H2,1-2H3,(H,19,23);1H. The minimum Gasteiger partial charge on any atom is -0.504 e. The third-order valence-corrected chi connectivity index (χ3v) is 4.45. The number of amides is 1. The molecule has 0 radical (unpaired) electrons. The van der Waals surface area contributed by atoms with E-state index in [0.29, 0.717) is 41.7 Å². The molecule has 1 aliphatic heterocycles. The number of oxazole rings is 1. The molecule has 0 atom stereocenters. The van der Waals surface area contributed by atoms with Crippen molar-refractivity contribution in [1.82, 2.24) is 15.6 Å². The maximum Gasteiger partial charge on any atom is 0.231 e. The molecule has 1 saturated heterocycles. The summed E-state index contributed by atoms with van der Waals surface area (Å²) in [6.07, 6.45) is 0. The highest BCUT2D eigenvalue weighted by molar-refractivity contribution is 5.85. The number of aliphatic hydroxyl groups is 1. The first-order chi connectivity index (χ1) is 12.0. The molecule has 1 aromatic carbocycles. The molecule has 1 aromatic heterocycles. The van der Waals surface area contributed by atoms with E-state index in [0.717, 1.165) is 0 Å². The quantitative estimate of drug-likeness (QED) is 0.587. The maximum atomic E-state index is 12.2. The fourth-order valence-corrected chi connectivity index (χ4v) is 2.65. The number of methoxy groups -OCH3 is 1. The van der Waals surface area contributed by atoms with Gasteiger partial charge >= 0.3 is 0 Å². The van der Waals surface area contributed by atoms with Crippen molar-refractivity contribution in [3.63, 3.8) is 0 Å². The Hall–Kier alpha value is -2.29. The van der Waals surface area contributed by atoms with E-state index >= 15 is 0 Å². The second-order valence-corrected chi connectivity index (χ2v) is 6.13. The number of ether oxygens (including phenoxy) is 1. The Labute approximate surface area is 157 Å². The highest BCUT2D eigenvalue weighted by Crippen LogP contribution is 2.31. The van der Waals surface area contributed by atoms with Crippen LogP contribution in [0.4, 0.5) is 0 Å². The molecule has 26 heavy (non-hydrogen) atoms. The Bertz CT molecular complexity index is 783. The van der Waals surface area contributed by atoms with Crippen molar-refractivity contribution in [2.45, 2.75) is 13.5 Å². The molecular weight excluding hydrogens is 362 g/mol. The number of nitrogens with one attached hydrogen (secondary N) is 2. The Kier molecular flexibility index (Phi) is 6.12. The van der Waals surface area contributed by atoms with Crippen molar-refractivity contribution >= 4 is 18.3 Å². The molecular formula is C17H22ClN3O5. The van der Waals surface area contributed by atoms with Crippen molar-refractivity contribution < 1.29 is 24.2 Å². The van der Waals surface area contributed by atoms with Crippen LogP contribution in [0.2, 0.25) is 0 Å². The van der Waals surface area contributed by atoms with Crippen LogP contribution >= 0.6 is 12.4 Å². The Balaban J connectivity index is 0.00000243. The van der Waals surface area contributed by atoms with E-state index in [1.54, 1.807) is 19.1 Å². The van der Waals surface area contributed by atoms with Gasteiger partial charge in [0, 0.05) is 18.7 Å². The fraction of sp³-hybridized carbons (Fsp3) is 0.412. The number of phenols is 1. The Morgan fingerprint density at radius 1 is 1.46 bits per heavy atom. The summed E-state index contributed by atoms with van der Waals surface area (Å²) >= 11 is 0. The van der Waals surface area contributed by atoms with Crippen molar-refractivity contribution in [2.75, 3.05) is 26.8 Å². The van der Waals surface area contributed by atoms with E-state index < -0.39 is 5.41 Å². The number of phenolic OH excluding ortho intramolecular Hbond substituents is 1. The van der Waals surface area contributed by atoms with E-state index in [4.69, 9.17) is 9.15 Å². The highest BCUT2D eigenvalue weighted by Gasteiger charge is 2.43. The number of benzene rings is 1. The predicted octanol–water partition coefficient (Wildman–Crippen LogP) is 0.984. The van der Waals surface area contributed by atoms with Crippen LogP contribution in [0.5, 0.6) is 11.5 Å². The molecule has 142 valence electrons. The zero-order valence-corrected chi connectivity index (χ0v) is 15.4. The summed E-state index contributed by atoms with van der Waals surface area (Å²) in [5, 5.41) is 24.9. The lowest BCUT2D eigenvalue weighted by atomic mass is 9.81. The minimum atomic E-state index is -0.745. The summed E-state index contributed by atoms with van der Waals surface area (Å²) in [4.78, 5) is 16.7. The number of hydrogen-bond acceptors (Lipinski definition) is 7. The third kappa shape index (κ3) is 3.62. The van der Waals surface area contributed by atoms with Crippen molar-refractivity contribution in [1.29, 1.82) is 0 Å². The second kappa shape index (κ2) is 7.94. The lowest BCUT2D eigenvalue weighted by Gasteiger charge is -2.39. The van der Waals surface area contributed by atoms with Crippen LogP contribution in [0, 0.1) is 12.3 Å². The molecule has 0 spiro atoms. The van der Waals surface area contributed by atoms with Gasteiger partial charge in [-0.15, -0.1) is 12.4 Å². The van der Waals surface area contributed by atoms with Crippen LogP contribution in [0.3, 0.4) is 0 Å². The van der Waals surface area contributed by atoms with Crippen LogP contribution in [-0.2, 0) is 11.3 Å². The van der Waals surface area contributed by atoms with Crippen LogP contribution < -0.4 is 15.4 Å². The van der Waals surface area contributed by atoms with E-state index in [1.165, 1.54) is 13.2 Å². The molecule has 1 fully saturated rings. The minimum absolute atomic E-state index is 0. The first-order valence-corrected chi connectivity index (χ1v) is 7.92. The summed E-state index contributed by atoms with van der Waals surface area (Å²) in [5.41, 5.74) is 0.520. The average Bonchev–Trinajstić information content (AvgIpc) is 2.94. The van der Waals surface area contributed by atoms with E-state index in [1.807, 2.05) is 0 Å². The molecule has 0 saturated carbocycles. The van der Waals surface area contributed by atoms with E-state index in [-0.39, 0.29) is 37.2 Å². The maximum absolute atomic E-state index is 12.2. The summed E-state index contributed by atoms with van der Waals surface area (Å²) in [5.74, 6) is 1.12. The number of aliphatic hydroxyl groups excluding tert-OH is 1. The molecule has 1 amide bonds. The van der Waals surface area contributed by atoms with Gasteiger partial charge in [0.1, 0.15) is 11.5 Å². The molecule has 8 nitrogen and oxygen atoms in total. The second-order valence-electron chi connectivity index (χ2n) is 6.13. The van der Waals surface area contributed by atoms with Gasteiger partial charge in [0.2, 0.25) is 11.8 Å². The molecule has 4 N–H and O–H groups in total. The van der Waals surface area contributed by atoms with Crippen LogP contribution in [0.15, 0.2) is 22.6 Å². The number of carbonyl (C=O) groups is 1. The number of hydrogen-bond donors (Lipinski definition) is 4. The number of aryl methyl sites for hydroxylation is 1. The van der Waals surface area contributed by atoms with E-state index in [9.17, 15) is 15.0 Å². The van der Waals surface area contributed by atoms with E-state index in [2.05, 4.69) is 15.6 Å². The fourth-order valence-electron chi connectivity index (χ4n) is 2.65. The van der Waals surface area contributed by atoms with Gasteiger partial charge in [0.05, 0.1) is 25.7 Å². The summed E-state index contributed by atoms with van der Waals surface area (Å²) in [6.45, 7) is 2.72. The Morgan fingerprint density at radius 2 is 2.19 bits per heavy atom. The molecule has 0 unspecified atom stereocenters. The summed E-state index contributed by atoms with van der Waals surface area (Å²) < 4.78 is 10.7. The average molecular weight is 384 g/mol. The number of aromatic nitrogens is 1. The number of rotatable bonds is 6. The van der Waals surface area contributed by atoms with Gasteiger partial charge in [-0.25, -0.2) is 4.98 Å². The van der Waals surface area contributed by atoms with Gasteiger partial charge in [-0.05, 0) is 25.1 Å². The number of aromatic hydroxyl groups is 1. The third-order valence-electron chi connectivity index (χ3n) is 4.45. The molecule has 9 heteroatoms. The number of halogens is 1. The molecule has 2 heterocycles. The highest BCUT2D eigenvalue weighted by atomic mass is 35.5. The molecule has 3 rings (SSSR count).